The summed E-state index contributed by atoms with van der Waals surface area (Å²) in [6.07, 6.45) is 1.10. The number of fused-ring (bicyclic) bond motifs is 1. The van der Waals surface area contributed by atoms with Crippen molar-refractivity contribution in [3.05, 3.63) is 18.2 Å². The van der Waals surface area contributed by atoms with Crippen LogP contribution < -0.4 is 10.2 Å². The second-order valence-electron chi connectivity index (χ2n) is 5.59. The fraction of sp³-hybridized carbons (Fsp3) is 0.500. The number of thiazole rings is 1. The van der Waals surface area contributed by atoms with Crippen LogP contribution in [0.15, 0.2) is 18.2 Å². The standard InChI is InChI=1S/C16H22N4OS/c1-3-6-17-16-18-14-5-4-13(11-15(14)22-16)20-9-7-19(8-10-20)12(2)21/h4-5,11H,3,6-10H2,1-2H3,(H,17,18). The lowest BCUT2D eigenvalue weighted by atomic mass is 10.2. The van der Waals surface area contributed by atoms with E-state index in [1.807, 2.05) is 4.90 Å². The first kappa shape index (κ1) is 15.1. The van der Waals surface area contributed by atoms with Gasteiger partial charge in [0.2, 0.25) is 5.91 Å². The Morgan fingerprint density at radius 3 is 2.77 bits per heavy atom. The normalized spacial score (nSPS) is 15.4. The topological polar surface area (TPSA) is 48.5 Å². The number of benzene rings is 1. The van der Waals surface area contributed by atoms with Crippen LogP contribution in [0.4, 0.5) is 10.8 Å². The predicted molar refractivity (Wildman–Crippen MR) is 92.9 cm³/mol. The molecule has 0 unspecified atom stereocenters. The maximum Gasteiger partial charge on any atom is 0.219 e. The lowest BCUT2D eigenvalue weighted by Gasteiger charge is -2.35. The third-order valence-electron chi connectivity index (χ3n) is 3.99. The van der Waals surface area contributed by atoms with E-state index in [1.165, 1.54) is 10.4 Å². The number of amides is 1. The summed E-state index contributed by atoms with van der Waals surface area (Å²) in [5, 5.41) is 4.35. The Hall–Kier alpha value is -1.82. The maximum atomic E-state index is 11.4. The van der Waals surface area contributed by atoms with E-state index in [-0.39, 0.29) is 5.91 Å². The van der Waals surface area contributed by atoms with Gasteiger partial charge in [-0.3, -0.25) is 4.79 Å². The van der Waals surface area contributed by atoms with Gasteiger partial charge >= 0.3 is 0 Å². The molecule has 2 heterocycles. The summed E-state index contributed by atoms with van der Waals surface area (Å²) in [5.74, 6) is 0.171. The van der Waals surface area contributed by atoms with Crippen LogP contribution in [0.1, 0.15) is 20.3 Å². The zero-order chi connectivity index (χ0) is 15.5. The first-order chi connectivity index (χ1) is 10.7. The quantitative estimate of drug-likeness (QED) is 0.942. The van der Waals surface area contributed by atoms with Gasteiger partial charge in [-0.1, -0.05) is 18.3 Å². The van der Waals surface area contributed by atoms with Gasteiger partial charge in [-0.05, 0) is 24.6 Å². The van der Waals surface area contributed by atoms with Crippen molar-refractivity contribution in [1.82, 2.24) is 9.88 Å². The Morgan fingerprint density at radius 2 is 2.09 bits per heavy atom. The van der Waals surface area contributed by atoms with E-state index < -0.39 is 0 Å². The van der Waals surface area contributed by atoms with E-state index >= 15 is 0 Å². The average Bonchev–Trinajstić information content (AvgIpc) is 2.94. The zero-order valence-electron chi connectivity index (χ0n) is 13.1. The molecule has 1 aromatic heterocycles. The van der Waals surface area contributed by atoms with Gasteiger partial charge in [-0.15, -0.1) is 0 Å². The van der Waals surface area contributed by atoms with Gasteiger partial charge in [0.1, 0.15) is 0 Å². The van der Waals surface area contributed by atoms with Crippen molar-refractivity contribution in [2.45, 2.75) is 20.3 Å². The van der Waals surface area contributed by atoms with Crippen LogP contribution in [-0.4, -0.2) is 48.5 Å². The second-order valence-corrected chi connectivity index (χ2v) is 6.62. The highest BCUT2D eigenvalue weighted by molar-refractivity contribution is 7.22. The van der Waals surface area contributed by atoms with E-state index in [0.717, 1.165) is 49.8 Å². The first-order valence-electron chi connectivity index (χ1n) is 7.82. The third-order valence-corrected chi connectivity index (χ3v) is 4.96. The van der Waals surface area contributed by atoms with Crippen LogP contribution in [0.3, 0.4) is 0 Å². The molecule has 0 spiro atoms. The molecule has 1 saturated heterocycles. The summed E-state index contributed by atoms with van der Waals surface area (Å²) in [5.41, 5.74) is 2.27. The molecule has 0 saturated carbocycles. The lowest BCUT2D eigenvalue weighted by Crippen LogP contribution is -2.48. The average molecular weight is 318 g/mol. The second kappa shape index (κ2) is 6.52. The van der Waals surface area contributed by atoms with Gasteiger partial charge < -0.3 is 15.1 Å². The monoisotopic (exact) mass is 318 g/mol. The highest BCUT2D eigenvalue weighted by Gasteiger charge is 2.19. The summed E-state index contributed by atoms with van der Waals surface area (Å²) in [6.45, 7) is 8.15. The minimum Gasteiger partial charge on any atom is -0.368 e. The molecule has 1 aliphatic rings. The predicted octanol–water partition coefficient (Wildman–Crippen LogP) is 2.79. The van der Waals surface area contributed by atoms with Crippen LogP contribution in [0.25, 0.3) is 10.2 Å². The van der Waals surface area contributed by atoms with E-state index in [2.05, 4.69) is 40.3 Å². The summed E-state index contributed by atoms with van der Waals surface area (Å²) in [6, 6.07) is 6.44. The SMILES string of the molecule is CCCNc1nc2ccc(N3CCN(C(C)=O)CC3)cc2s1. The van der Waals surface area contributed by atoms with Crippen molar-refractivity contribution >= 4 is 38.3 Å². The number of nitrogens with zero attached hydrogens (tertiary/aromatic N) is 3. The van der Waals surface area contributed by atoms with E-state index in [1.54, 1.807) is 18.3 Å². The maximum absolute atomic E-state index is 11.4. The van der Waals surface area contributed by atoms with Crippen molar-refractivity contribution in [1.29, 1.82) is 0 Å². The summed E-state index contributed by atoms with van der Waals surface area (Å²) < 4.78 is 1.21. The first-order valence-corrected chi connectivity index (χ1v) is 8.64. The van der Waals surface area contributed by atoms with Crippen molar-refractivity contribution in [2.75, 3.05) is 42.9 Å². The molecule has 1 aromatic carbocycles. The number of hydrogen-bond acceptors (Lipinski definition) is 5. The molecular formula is C16H22N4OS. The van der Waals surface area contributed by atoms with Gasteiger partial charge in [0, 0.05) is 45.3 Å². The van der Waals surface area contributed by atoms with E-state index in [0.29, 0.717) is 0 Å². The van der Waals surface area contributed by atoms with Gasteiger partial charge in [0.25, 0.3) is 0 Å². The number of aromatic nitrogens is 1. The molecule has 5 nitrogen and oxygen atoms in total. The Balaban J connectivity index is 1.73. The van der Waals surface area contributed by atoms with Crippen LogP contribution in [0.5, 0.6) is 0 Å². The highest BCUT2D eigenvalue weighted by atomic mass is 32.1. The number of carbonyl (C=O) groups excluding carboxylic acids is 1. The molecule has 1 N–H and O–H groups in total. The fourth-order valence-corrected chi connectivity index (χ4v) is 3.62. The lowest BCUT2D eigenvalue weighted by molar-refractivity contribution is -0.129. The molecule has 1 aliphatic heterocycles. The molecule has 1 fully saturated rings. The number of piperazine rings is 1. The smallest absolute Gasteiger partial charge is 0.219 e. The van der Waals surface area contributed by atoms with Crippen LogP contribution >= 0.6 is 11.3 Å². The van der Waals surface area contributed by atoms with Crippen molar-refractivity contribution in [3.8, 4) is 0 Å². The molecule has 0 atom stereocenters. The number of carbonyl (C=O) groups is 1. The van der Waals surface area contributed by atoms with Crippen molar-refractivity contribution < 1.29 is 4.79 Å². The van der Waals surface area contributed by atoms with Gasteiger partial charge in [0.15, 0.2) is 5.13 Å². The third kappa shape index (κ3) is 3.16. The molecule has 6 heteroatoms. The van der Waals surface area contributed by atoms with E-state index in [4.69, 9.17) is 0 Å². The Labute approximate surface area is 134 Å². The molecule has 0 radical (unpaired) electrons. The Kier molecular flexibility index (Phi) is 4.47. The highest BCUT2D eigenvalue weighted by Crippen LogP contribution is 2.30. The Morgan fingerprint density at radius 1 is 1.32 bits per heavy atom. The minimum atomic E-state index is 0.171. The van der Waals surface area contributed by atoms with Gasteiger partial charge in [-0.25, -0.2) is 4.98 Å². The van der Waals surface area contributed by atoms with Gasteiger partial charge in [0.05, 0.1) is 10.2 Å². The van der Waals surface area contributed by atoms with Crippen LogP contribution in [0.2, 0.25) is 0 Å². The minimum absolute atomic E-state index is 0.171. The summed E-state index contributed by atoms with van der Waals surface area (Å²) >= 11 is 1.71. The van der Waals surface area contributed by atoms with Crippen molar-refractivity contribution in [3.63, 3.8) is 0 Å². The molecule has 3 rings (SSSR count). The number of anilines is 2. The molecule has 2 aromatic rings. The van der Waals surface area contributed by atoms with Crippen LogP contribution in [-0.2, 0) is 4.79 Å². The molecule has 22 heavy (non-hydrogen) atoms. The largest absolute Gasteiger partial charge is 0.368 e. The molecule has 0 aliphatic carbocycles. The van der Waals surface area contributed by atoms with Gasteiger partial charge in [-0.2, -0.15) is 0 Å². The molecule has 1 amide bonds. The molecule has 0 bridgehead atoms. The zero-order valence-corrected chi connectivity index (χ0v) is 13.9. The number of hydrogen-bond donors (Lipinski definition) is 1. The molecule has 118 valence electrons. The fourth-order valence-electron chi connectivity index (χ4n) is 2.70. The Bertz CT molecular complexity index is 661. The number of rotatable bonds is 4. The molecular weight excluding hydrogens is 296 g/mol. The van der Waals surface area contributed by atoms with E-state index in [9.17, 15) is 4.79 Å². The summed E-state index contributed by atoms with van der Waals surface area (Å²) in [7, 11) is 0. The summed E-state index contributed by atoms with van der Waals surface area (Å²) in [4.78, 5) is 20.3. The van der Waals surface area contributed by atoms with Crippen LogP contribution in [0, 0.1) is 0 Å². The number of nitrogens with one attached hydrogen (secondary N) is 1. The van der Waals surface area contributed by atoms with Crippen molar-refractivity contribution in [2.24, 2.45) is 0 Å².